The van der Waals surface area contributed by atoms with Crippen LogP contribution in [0.5, 0.6) is 0 Å². The highest BCUT2D eigenvalue weighted by molar-refractivity contribution is 6.30. The summed E-state index contributed by atoms with van der Waals surface area (Å²) in [4.78, 5) is 24.3. The second kappa shape index (κ2) is 6.18. The van der Waals surface area contributed by atoms with Crippen LogP contribution in [0.1, 0.15) is 18.7 Å². The second-order valence-corrected chi connectivity index (χ2v) is 5.48. The molecule has 0 bridgehead atoms. The van der Waals surface area contributed by atoms with Crippen molar-refractivity contribution in [2.45, 2.75) is 13.0 Å². The maximum absolute atomic E-state index is 12.6. The Morgan fingerprint density at radius 1 is 1.26 bits per heavy atom. The molecule has 6 nitrogen and oxygen atoms in total. The third-order valence-corrected chi connectivity index (χ3v) is 3.70. The standard InChI is InChI=1S/C16H14ClN3O3/c1-9-13(15(21)19-11-6-4-10(17)5-7-11)14(20-16(22)18-9)12-3-2-8-23-12/h2-8,14H,1H3,(H,19,21)(H2,18,20,22)/t14-/m1/s1. The number of nitrogens with one attached hydrogen (secondary N) is 3. The lowest BCUT2D eigenvalue weighted by atomic mass is 10.00. The van der Waals surface area contributed by atoms with Crippen molar-refractivity contribution in [3.8, 4) is 0 Å². The molecule has 1 aliphatic rings. The van der Waals surface area contributed by atoms with Crippen LogP contribution in [0.3, 0.4) is 0 Å². The molecular formula is C16H14ClN3O3. The van der Waals surface area contributed by atoms with Crippen molar-refractivity contribution in [1.82, 2.24) is 10.6 Å². The van der Waals surface area contributed by atoms with Gasteiger partial charge in [0, 0.05) is 16.4 Å². The average Bonchev–Trinajstić information content (AvgIpc) is 3.03. The molecule has 23 heavy (non-hydrogen) atoms. The van der Waals surface area contributed by atoms with Gasteiger partial charge in [-0.05, 0) is 43.3 Å². The first kappa shape index (κ1) is 15.2. The highest BCUT2D eigenvalue weighted by atomic mass is 35.5. The number of hydrogen-bond acceptors (Lipinski definition) is 3. The summed E-state index contributed by atoms with van der Waals surface area (Å²) < 4.78 is 5.34. The lowest BCUT2D eigenvalue weighted by Crippen LogP contribution is -2.45. The third-order valence-electron chi connectivity index (χ3n) is 3.44. The first-order valence-corrected chi connectivity index (χ1v) is 7.31. The summed E-state index contributed by atoms with van der Waals surface area (Å²) in [6.45, 7) is 1.67. The first-order valence-electron chi connectivity index (χ1n) is 6.93. The summed E-state index contributed by atoms with van der Waals surface area (Å²) in [5.74, 6) is 0.152. The number of allylic oxidation sites excluding steroid dienone is 1. The van der Waals surface area contributed by atoms with Crippen molar-refractivity contribution in [2.24, 2.45) is 0 Å². The van der Waals surface area contributed by atoms with Crippen LogP contribution < -0.4 is 16.0 Å². The van der Waals surface area contributed by atoms with E-state index in [1.54, 1.807) is 43.3 Å². The highest BCUT2D eigenvalue weighted by Crippen LogP contribution is 2.28. The Kier molecular flexibility index (Phi) is 4.08. The van der Waals surface area contributed by atoms with Gasteiger partial charge in [-0.2, -0.15) is 0 Å². The van der Waals surface area contributed by atoms with Gasteiger partial charge in [0.1, 0.15) is 11.8 Å². The number of halogens is 1. The molecule has 0 saturated heterocycles. The average molecular weight is 332 g/mol. The number of carbonyl (C=O) groups is 2. The van der Waals surface area contributed by atoms with Gasteiger partial charge in [-0.15, -0.1) is 0 Å². The van der Waals surface area contributed by atoms with E-state index in [1.807, 2.05) is 0 Å². The minimum Gasteiger partial charge on any atom is -0.467 e. The zero-order valence-corrected chi connectivity index (χ0v) is 13.0. The minimum absolute atomic E-state index is 0.335. The smallest absolute Gasteiger partial charge is 0.319 e. The Balaban J connectivity index is 1.90. The molecule has 0 fully saturated rings. The van der Waals surface area contributed by atoms with E-state index >= 15 is 0 Å². The molecule has 1 atom stereocenters. The van der Waals surface area contributed by atoms with Gasteiger partial charge in [0.2, 0.25) is 0 Å². The molecule has 2 heterocycles. The lowest BCUT2D eigenvalue weighted by Gasteiger charge is -2.27. The third kappa shape index (κ3) is 3.22. The van der Waals surface area contributed by atoms with Gasteiger partial charge in [-0.1, -0.05) is 11.6 Å². The predicted octanol–water partition coefficient (Wildman–Crippen LogP) is 3.20. The number of rotatable bonds is 3. The molecule has 0 saturated carbocycles. The van der Waals surface area contributed by atoms with E-state index in [4.69, 9.17) is 16.0 Å². The number of furan rings is 1. The molecule has 1 aromatic heterocycles. The van der Waals surface area contributed by atoms with Crippen LogP contribution in [-0.4, -0.2) is 11.9 Å². The fraction of sp³-hybridized carbons (Fsp3) is 0.125. The number of amides is 3. The summed E-state index contributed by atoms with van der Waals surface area (Å²) in [6, 6.07) is 9.15. The largest absolute Gasteiger partial charge is 0.467 e. The normalized spacial score (nSPS) is 17.5. The van der Waals surface area contributed by atoms with Crippen molar-refractivity contribution in [3.05, 3.63) is 64.7 Å². The van der Waals surface area contributed by atoms with E-state index in [-0.39, 0.29) is 11.9 Å². The van der Waals surface area contributed by atoms with E-state index in [0.717, 1.165) is 0 Å². The summed E-state index contributed by atoms with van der Waals surface area (Å²) in [7, 11) is 0. The van der Waals surface area contributed by atoms with Crippen LogP contribution in [-0.2, 0) is 4.79 Å². The van der Waals surface area contributed by atoms with Crippen LogP contribution in [0, 0.1) is 0 Å². The Morgan fingerprint density at radius 3 is 2.65 bits per heavy atom. The Morgan fingerprint density at radius 2 is 2.00 bits per heavy atom. The van der Waals surface area contributed by atoms with Crippen molar-refractivity contribution in [3.63, 3.8) is 0 Å². The van der Waals surface area contributed by atoms with E-state index in [9.17, 15) is 9.59 Å². The summed E-state index contributed by atoms with van der Waals surface area (Å²) >= 11 is 5.83. The topological polar surface area (TPSA) is 83.4 Å². The molecular weight excluding hydrogens is 318 g/mol. The number of benzene rings is 1. The van der Waals surface area contributed by atoms with Gasteiger partial charge >= 0.3 is 6.03 Å². The first-order chi connectivity index (χ1) is 11.0. The Labute approximate surface area is 137 Å². The molecule has 118 valence electrons. The quantitative estimate of drug-likeness (QED) is 0.807. The molecule has 1 aliphatic heterocycles. The molecule has 3 rings (SSSR count). The fourth-order valence-corrected chi connectivity index (χ4v) is 2.52. The molecule has 1 aromatic carbocycles. The zero-order valence-electron chi connectivity index (χ0n) is 12.2. The Bertz CT molecular complexity index is 766. The summed E-state index contributed by atoms with van der Waals surface area (Å²) in [6.07, 6.45) is 1.49. The molecule has 3 amide bonds. The van der Waals surface area contributed by atoms with Gasteiger partial charge in [0.15, 0.2) is 0 Å². The van der Waals surface area contributed by atoms with Crippen LogP contribution in [0.2, 0.25) is 5.02 Å². The molecule has 0 aliphatic carbocycles. The number of hydrogen-bond donors (Lipinski definition) is 3. The van der Waals surface area contributed by atoms with E-state index < -0.39 is 6.04 Å². The van der Waals surface area contributed by atoms with Crippen molar-refractivity contribution in [1.29, 1.82) is 0 Å². The second-order valence-electron chi connectivity index (χ2n) is 5.05. The molecule has 3 N–H and O–H groups in total. The van der Waals surface area contributed by atoms with Crippen molar-refractivity contribution < 1.29 is 14.0 Å². The fourth-order valence-electron chi connectivity index (χ4n) is 2.40. The Hall–Kier alpha value is -2.73. The highest BCUT2D eigenvalue weighted by Gasteiger charge is 2.32. The van der Waals surface area contributed by atoms with Crippen LogP contribution in [0.4, 0.5) is 10.5 Å². The van der Waals surface area contributed by atoms with Crippen LogP contribution in [0.25, 0.3) is 0 Å². The van der Waals surface area contributed by atoms with Gasteiger partial charge in [-0.25, -0.2) is 4.79 Å². The maximum atomic E-state index is 12.6. The number of urea groups is 1. The van der Waals surface area contributed by atoms with Gasteiger partial charge in [0.25, 0.3) is 5.91 Å². The van der Waals surface area contributed by atoms with Crippen LogP contribution >= 0.6 is 11.6 Å². The summed E-state index contributed by atoms with van der Waals surface area (Å²) in [5.41, 5.74) is 1.46. The maximum Gasteiger partial charge on any atom is 0.319 e. The lowest BCUT2D eigenvalue weighted by molar-refractivity contribution is -0.113. The number of anilines is 1. The van der Waals surface area contributed by atoms with Crippen molar-refractivity contribution >= 4 is 29.2 Å². The van der Waals surface area contributed by atoms with E-state index in [2.05, 4.69) is 16.0 Å². The summed E-state index contributed by atoms with van der Waals surface area (Å²) in [5, 5.41) is 8.66. The molecule has 2 aromatic rings. The van der Waals surface area contributed by atoms with Gasteiger partial charge in [0.05, 0.1) is 11.8 Å². The van der Waals surface area contributed by atoms with Crippen LogP contribution in [0.15, 0.2) is 58.3 Å². The molecule has 7 heteroatoms. The van der Waals surface area contributed by atoms with E-state index in [0.29, 0.717) is 27.7 Å². The molecule has 0 radical (unpaired) electrons. The monoisotopic (exact) mass is 331 g/mol. The SMILES string of the molecule is CC1=C(C(=O)Nc2ccc(Cl)cc2)[C@@H](c2ccco2)NC(=O)N1. The molecule has 0 unspecified atom stereocenters. The van der Waals surface area contributed by atoms with Crippen molar-refractivity contribution in [2.75, 3.05) is 5.32 Å². The van der Waals surface area contributed by atoms with E-state index in [1.165, 1.54) is 6.26 Å². The van der Waals surface area contributed by atoms with Gasteiger partial charge in [-0.3, -0.25) is 4.79 Å². The minimum atomic E-state index is -0.647. The number of carbonyl (C=O) groups excluding carboxylic acids is 2. The van der Waals surface area contributed by atoms with Gasteiger partial charge < -0.3 is 20.4 Å². The predicted molar refractivity (Wildman–Crippen MR) is 85.9 cm³/mol. The molecule has 0 spiro atoms. The zero-order chi connectivity index (χ0) is 16.4.